The van der Waals surface area contributed by atoms with E-state index in [2.05, 4.69) is 5.32 Å². The molecule has 0 atom stereocenters. The second-order valence-electron chi connectivity index (χ2n) is 9.33. The van der Waals surface area contributed by atoms with Gasteiger partial charge in [0.2, 0.25) is 0 Å². The van der Waals surface area contributed by atoms with E-state index in [4.69, 9.17) is 39.5 Å². The number of hydrogen-bond acceptors (Lipinski definition) is 2. The van der Waals surface area contributed by atoms with Crippen LogP contribution in [0.1, 0.15) is 49.7 Å². The summed E-state index contributed by atoms with van der Waals surface area (Å²) in [4.78, 5) is 0. The molecule has 1 N–H and O–H groups in total. The van der Waals surface area contributed by atoms with E-state index in [1.165, 1.54) is 38.5 Å². The zero-order valence-corrected chi connectivity index (χ0v) is 19.9. The van der Waals surface area contributed by atoms with Crippen LogP contribution in [0.4, 0.5) is 0 Å². The van der Waals surface area contributed by atoms with Gasteiger partial charge < -0.3 is 10.1 Å². The number of ether oxygens (including phenoxy) is 1. The Morgan fingerprint density at radius 2 is 1.43 bits per heavy atom. The van der Waals surface area contributed by atoms with Gasteiger partial charge in [-0.15, -0.1) is 12.4 Å². The quantitative estimate of drug-likeness (QED) is 0.451. The van der Waals surface area contributed by atoms with E-state index in [1.807, 2.05) is 30.3 Å². The first kappa shape index (κ1) is 22.6. The fourth-order valence-electron chi connectivity index (χ4n) is 6.23. The third kappa shape index (κ3) is 4.74. The van der Waals surface area contributed by atoms with Gasteiger partial charge in [0.25, 0.3) is 0 Å². The van der Waals surface area contributed by atoms with Gasteiger partial charge in [0.1, 0.15) is 12.4 Å². The summed E-state index contributed by atoms with van der Waals surface area (Å²) < 4.78 is 6.14. The van der Waals surface area contributed by atoms with Crippen LogP contribution in [-0.2, 0) is 13.2 Å². The van der Waals surface area contributed by atoms with Crippen molar-refractivity contribution in [2.24, 2.45) is 17.8 Å². The second-order valence-corrected chi connectivity index (χ2v) is 10.6. The summed E-state index contributed by atoms with van der Waals surface area (Å²) >= 11 is 18.6. The van der Waals surface area contributed by atoms with E-state index in [0.717, 1.165) is 46.2 Å². The summed E-state index contributed by atoms with van der Waals surface area (Å²) in [6, 6.07) is 11.4. The molecule has 0 heterocycles. The Bertz CT molecular complexity index is 881. The zero-order valence-electron chi connectivity index (χ0n) is 16.8. The number of nitrogens with one attached hydrogen (secondary N) is 1. The molecule has 0 saturated heterocycles. The molecule has 6 rings (SSSR count). The van der Waals surface area contributed by atoms with E-state index >= 15 is 0 Å². The van der Waals surface area contributed by atoms with E-state index in [0.29, 0.717) is 22.2 Å². The van der Waals surface area contributed by atoms with Gasteiger partial charge in [0.15, 0.2) is 0 Å². The van der Waals surface area contributed by atoms with Crippen LogP contribution in [-0.4, -0.2) is 5.54 Å². The normalized spacial score (nSPS) is 29.0. The first-order valence-electron chi connectivity index (χ1n) is 10.6. The van der Waals surface area contributed by atoms with Crippen LogP contribution in [0.2, 0.25) is 15.1 Å². The fourth-order valence-corrected chi connectivity index (χ4v) is 6.89. The minimum atomic E-state index is 0. The average molecular weight is 487 g/mol. The molecule has 4 fully saturated rings. The van der Waals surface area contributed by atoms with Gasteiger partial charge in [0, 0.05) is 38.3 Å². The summed E-state index contributed by atoms with van der Waals surface area (Å²) in [6.45, 7) is 1.19. The van der Waals surface area contributed by atoms with Gasteiger partial charge in [-0.05, 0) is 86.6 Å². The number of hydrogen-bond donors (Lipinski definition) is 1. The molecule has 0 amide bonds. The lowest BCUT2D eigenvalue weighted by Crippen LogP contribution is -2.58. The van der Waals surface area contributed by atoms with Crippen LogP contribution >= 0.6 is 47.2 Å². The highest BCUT2D eigenvalue weighted by molar-refractivity contribution is 6.35. The largest absolute Gasteiger partial charge is 0.489 e. The highest BCUT2D eigenvalue weighted by Gasteiger charge is 2.50. The Labute approximate surface area is 200 Å². The van der Waals surface area contributed by atoms with Crippen molar-refractivity contribution in [2.75, 3.05) is 0 Å². The summed E-state index contributed by atoms with van der Waals surface area (Å²) in [7, 11) is 0. The molecule has 2 nitrogen and oxygen atoms in total. The van der Waals surface area contributed by atoms with Crippen LogP contribution in [0, 0.1) is 17.8 Å². The summed E-state index contributed by atoms with van der Waals surface area (Å²) in [5, 5.41) is 5.94. The third-order valence-corrected chi connectivity index (χ3v) is 7.93. The van der Waals surface area contributed by atoms with Crippen LogP contribution in [0.15, 0.2) is 36.4 Å². The number of benzene rings is 2. The zero-order chi connectivity index (χ0) is 20.0. The van der Waals surface area contributed by atoms with Crippen molar-refractivity contribution in [2.45, 2.75) is 57.2 Å². The molecule has 0 aliphatic heterocycles. The summed E-state index contributed by atoms with van der Waals surface area (Å²) in [6.07, 6.45) is 8.35. The molecule has 0 spiro atoms. The van der Waals surface area contributed by atoms with Crippen LogP contribution in [0.3, 0.4) is 0 Å². The van der Waals surface area contributed by atoms with E-state index in [1.54, 1.807) is 6.07 Å². The van der Waals surface area contributed by atoms with Crippen molar-refractivity contribution in [3.8, 4) is 5.75 Å². The van der Waals surface area contributed by atoms with E-state index in [-0.39, 0.29) is 12.4 Å². The molecule has 0 radical (unpaired) electrons. The fraction of sp³-hybridized carbons (Fsp3) is 0.500. The highest BCUT2D eigenvalue weighted by atomic mass is 35.5. The lowest BCUT2D eigenvalue weighted by molar-refractivity contribution is -0.0206. The van der Waals surface area contributed by atoms with Crippen molar-refractivity contribution >= 4 is 47.2 Å². The van der Waals surface area contributed by atoms with Crippen molar-refractivity contribution in [3.63, 3.8) is 0 Å². The first-order valence-corrected chi connectivity index (χ1v) is 11.7. The number of halogens is 4. The molecule has 4 aliphatic rings. The topological polar surface area (TPSA) is 21.3 Å². The monoisotopic (exact) mass is 485 g/mol. The first-order chi connectivity index (χ1) is 14.0. The lowest BCUT2D eigenvalue weighted by atomic mass is 9.53. The van der Waals surface area contributed by atoms with Gasteiger partial charge in [-0.25, -0.2) is 0 Å². The summed E-state index contributed by atoms with van der Waals surface area (Å²) in [5.41, 5.74) is 2.35. The molecule has 4 bridgehead atoms. The lowest BCUT2D eigenvalue weighted by Gasteiger charge is -2.57. The van der Waals surface area contributed by atoms with Crippen molar-refractivity contribution < 1.29 is 4.74 Å². The smallest absolute Gasteiger partial charge is 0.124 e. The molecule has 30 heavy (non-hydrogen) atoms. The Balaban J connectivity index is 0.00000218. The molecule has 4 aliphatic carbocycles. The molecule has 0 unspecified atom stereocenters. The molecule has 162 valence electrons. The third-order valence-electron chi connectivity index (χ3n) is 7.11. The predicted molar refractivity (Wildman–Crippen MR) is 127 cm³/mol. The Hall–Kier alpha value is -0.640. The Morgan fingerprint density at radius 1 is 0.833 bits per heavy atom. The van der Waals surface area contributed by atoms with Crippen LogP contribution in [0.5, 0.6) is 5.75 Å². The van der Waals surface area contributed by atoms with Gasteiger partial charge in [-0.1, -0.05) is 40.9 Å². The minimum Gasteiger partial charge on any atom is -0.489 e. The SMILES string of the molecule is Cl.Clc1ccc(COc2ccc(Cl)cc2CNC23CC4CC(CC(C4)C2)C3)c(Cl)c1. The standard InChI is InChI=1S/C24H26Cl3NO.ClH/c25-20-3-4-23(29-14-18-1-2-21(26)9-22(18)27)19(8-20)13-28-24-10-15-5-16(11-24)7-17(6-15)12-24;/h1-4,8-9,15-17,28H,5-7,10-14H2;1H. The highest BCUT2D eigenvalue weighted by Crippen LogP contribution is 2.55. The Morgan fingerprint density at radius 3 is 2.07 bits per heavy atom. The Kier molecular flexibility index (Phi) is 6.82. The van der Waals surface area contributed by atoms with Gasteiger partial charge in [-0.3, -0.25) is 0 Å². The van der Waals surface area contributed by atoms with Crippen molar-refractivity contribution in [1.82, 2.24) is 5.32 Å². The summed E-state index contributed by atoms with van der Waals surface area (Å²) in [5.74, 6) is 3.64. The van der Waals surface area contributed by atoms with Crippen LogP contribution in [0.25, 0.3) is 0 Å². The van der Waals surface area contributed by atoms with Gasteiger partial charge >= 0.3 is 0 Å². The van der Waals surface area contributed by atoms with Gasteiger partial charge in [0.05, 0.1) is 0 Å². The van der Waals surface area contributed by atoms with Crippen LogP contribution < -0.4 is 10.1 Å². The molecular weight excluding hydrogens is 460 g/mol. The van der Waals surface area contributed by atoms with Crippen molar-refractivity contribution in [1.29, 1.82) is 0 Å². The van der Waals surface area contributed by atoms with E-state index in [9.17, 15) is 0 Å². The second kappa shape index (κ2) is 9.08. The van der Waals surface area contributed by atoms with Gasteiger partial charge in [-0.2, -0.15) is 0 Å². The minimum absolute atomic E-state index is 0. The number of rotatable bonds is 6. The maximum absolute atomic E-state index is 6.31. The molecule has 6 heteroatoms. The maximum Gasteiger partial charge on any atom is 0.124 e. The molecular formula is C24H27Cl4NO. The molecule has 0 aromatic heterocycles. The molecule has 4 saturated carbocycles. The maximum atomic E-state index is 6.31. The van der Waals surface area contributed by atoms with E-state index < -0.39 is 0 Å². The average Bonchev–Trinajstić information content (AvgIpc) is 2.66. The molecule has 2 aromatic carbocycles. The predicted octanol–water partition coefficient (Wildman–Crippen LogP) is 7.71. The molecule has 2 aromatic rings. The van der Waals surface area contributed by atoms with Crippen molar-refractivity contribution in [3.05, 3.63) is 62.6 Å².